The van der Waals surface area contributed by atoms with Gasteiger partial charge in [0.15, 0.2) is 0 Å². The van der Waals surface area contributed by atoms with Crippen LogP contribution in [0.3, 0.4) is 0 Å². The van der Waals surface area contributed by atoms with Gasteiger partial charge in [-0.3, -0.25) is 19.6 Å². The SMILES string of the molecule is O=c1c(-c2cc([N+](=O)[O-])c(Cl)cc2Cl)c(Cl)n2n1CCCC2. The van der Waals surface area contributed by atoms with Crippen molar-refractivity contribution in [1.29, 1.82) is 0 Å². The third kappa shape index (κ3) is 2.31. The van der Waals surface area contributed by atoms with Crippen LogP contribution in [-0.2, 0) is 13.1 Å². The minimum atomic E-state index is -0.621. The second kappa shape index (κ2) is 5.61. The van der Waals surface area contributed by atoms with E-state index in [-0.39, 0.29) is 37.6 Å². The fraction of sp³-hybridized carbons (Fsp3) is 0.308. The van der Waals surface area contributed by atoms with Crippen LogP contribution >= 0.6 is 34.8 Å². The number of halogens is 3. The van der Waals surface area contributed by atoms with E-state index in [0.717, 1.165) is 12.8 Å². The Hall–Kier alpha value is -1.50. The summed E-state index contributed by atoms with van der Waals surface area (Å²) in [7, 11) is 0. The molecule has 6 nitrogen and oxygen atoms in total. The lowest BCUT2D eigenvalue weighted by Crippen LogP contribution is -2.27. The van der Waals surface area contributed by atoms with Gasteiger partial charge in [-0.1, -0.05) is 34.8 Å². The van der Waals surface area contributed by atoms with Gasteiger partial charge in [0.1, 0.15) is 10.2 Å². The molecule has 1 aromatic heterocycles. The van der Waals surface area contributed by atoms with Crippen LogP contribution in [-0.4, -0.2) is 14.3 Å². The summed E-state index contributed by atoms with van der Waals surface area (Å²) in [5, 5.41) is 11.3. The Morgan fingerprint density at radius 2 is 1.68 bits per heavy atom. The Morgan fingerprint density at radius 1 is 1.05 bits per heavy atom. The van der Waals surface area contributed by atoms with Crippen LogP contribution in [0.15, 0.2) is 16.9 Å². The van der Waals surface area contributed by atoms with E-state index in [0.29, 0.717) is 13.1 Å². The van der Waals surface area contributed by atoms with Crippen molar-refractivity contribution in [3.05, 3.63) is 47.8 Å². The Balaban J connectivity index is 2.29. The maximum absolute atomic E-state index is 12.5. The number of nitro benzene ring substituents is 1. The van der Waals surface area contributed by atoms with Crippen molar-refractivity contribution in [1.82, 2.24) is 9.36 Å². The topological polar surface area (TPSA) is 70.1 Å². The van der Waals surface area contributed by atoms with Gasteiger partial charge in [0.05, 0.1) is 15.5 Å². The first-order valence-corrected chi connectivity index (χ1v) is 7.68. The molecule has 0 spiro atoms. The molecule has 0 saturated carbocycles. The molecular formula is C13H10Cl3N3O3. The Labute approximate surface area is 139 Å². The van der Waals surface area contributed by atoms with Gasteiger partial charge in [-0.25, -0.2) is 4.68 Å². The molecule has 0 aliphatic carbocycles. The molecule has 2 heterocycles. The molecule has 0 fully saturated rings. The van der Waals surface area contributed by atoms with E-state index in [1.807, 2.05) is 0 Å². The maximum atomic E-state index is 12.5. The van der Waals surface area contributed by atoms with Gasteiger partial charge < -0.3 is 0 Å². The van der Waals surface area contributed by atoms with Gasteiger partial charge in [0.25, 0.3) is 11.2 Å². The van der Waals surface area contributed by atoms with Crippen molar-refractivity contribution in [2.75, 3.05) is 0 Å². The smallest absolute Gasteiger partial charge is 0.271 e. The molecule has 9 heteroatoms. The van der Waals surface area contributed by atoms with Crippen molar-refractivity contribution in [2.24, 2.45) is 0 Å². The minimum Gasteiger partial charge on any atom is -0.271 e. The van der Waals surface area contributed by atoms with Crippen LogP contribution in [0.2, 0.25) is 15.2 Å². The van der Waals surface area contributed by atoms with E-state index < -0.39 is 4.92 Å². The van der Waals surface area contributed by atoms with Gasteiger partial charge in [-0.2, -0.15) is 0 Å². The molecule has 0 amide bonds. The largest absolute Gasteiger partial charge is 0.288 e. The van der Waals surface area contributed by atoms with Gasteiger partial charge in [-0.05, 0) is 18.9 Å². The highest BCUT2D eigenvalue weighted by atomic mass is 35.5. The van der Waals surface area contributed by atoms with Crippen molar-refractivity contribution in [2.45, 2.75) is 25.9 Å². The number of nitro groups is 1. The second-order valence-electron chi connectivity index (χ2n) is 4.96. The molecule has 0 atom stereocenters. The third-order valence-corrected chi connectivity index (χ3v) is 4.66. The monoisotopic (exact) mass is 361 g/mol. The van der Waals surface area contributed by atoms with E-state index >= 15 is 0 Å². The number of fused-ring (bicyclic) bond motifs is 1. The number of nitrogens with zero attached hydrogens (tertiary/aromatic N) is 3. The van der Waals surface area contributed by atoms with E-state index in [1.165, 1.54) is 16.8 Å². The first-order chi connectivity index (χ1) is 10.4. The highest BCUT2D eigenvalue weighted by Gasteiger charge is 2.26. The first kappa shape index (κ1) is 15.4. The van der Waals surface area contributed by atoms with Gasteiger partial charge in [-0.15, -0.1) is 0 Å². The minimum absolute atomic E-state index is 0.0843. The zero-order valence-corrected chi connectivity index (χ0v) is 13.5. The number of hydrogen-bond acceptors (Lipinski definition) is 3. The lowest BCUT2D eigenvalue weighted by molar-refractivity contribution is -0.384. The van der Waals surface area contributed by atoms with Crippen LogP contribution in [0.4, 0.5) is 5.69 Å². The molecule has 0 bridgehead atoms. The summed E-state index contributed by atoms with van der Waals surface area (Å²) in [5.41, 5.74) is -0.218. The number of rotatable bonds is 2. The van der Waals surface area contributed by atoms with Crippen LogP contribution in [0.1, 0.15) is 12.8 Å². The Kier molecular flexibility index (Phi) is 3.92. The fourth-order valence-electron chi connectivity index (χ4n) is 2.62. The van der Waals surface area contributed by atoms with Crippen LogP contribution < -0.4 is 5.56 Å². The molecule has 1 aromatic carbocycles. The average molecular weight is 363 g/mol. The molecule has 1 aliphatic rings. The summed E-state index contributed by atoms with van der Waals surface area (Å²) >= 11 is 18.2. The van der Waals surface area contributed by atoms with Crippen LogP contribution in [0.25, 0.3) is 11.1 Å². The van der Waals surface area contributed by atoms with Gasteiger partial charge in [0.2, 0.25) is 0 Å². The second-order valence-corrected chi connectivity index (χ2v) is 6.14. The Bertz CT molecular complexity index is 841. The highest BCUT2D eigenvalue weighted by molar-refractivity contribution is 6.38. The first-order valence-electron chi connectivity index (χ1n) is 6.54. The van der Waals surface area contributed by atoms with Crippen molar-refractivity contribution in [3.8, 4) is 11.1 Å². The average Bonchev–Trinajstić information content (AvgIpc) is 2.72. The van der Waals surface area contributed by atoms with E-state index in [1.54, 1.807) is 4.68 Å². The molecule has 0 radical (unpaired) electrons. The molecule has 0 saturated heterocycles. The predicted octanol–water partition coefficient (Wildman–Crippen LogP) is 3.98. The molecule has 2 aromatic rings. The van der Waals surface area contributed by atoms with Gasteiger partial charge >= 0.3 is 0 Å². The lowest BCUT2D eigenvalue weighted by Gasteiger charge is -2.17. The summed E-state index contributed by atoms with van der Waals surface area (Å²) in [6.45, 7) is 1.19. The molecule has 116 valence electrons. The predicted molar refractivity (Wildman–Crippen MR) is 85.0 cm³/mol. The van der Waals surface area contributed by atoms with E-state index in [9.17, 15) is 14.9 Å². The van der Waals surface area contributed by atoms with Crippen molar-refractivity contribution >= 4 is 40.5 Å². The van der Waals surface area contributed by atoms with E-state index in [2.05, 4.69) is 0 Å². The fourth-order valence-corrected chi connectivity index (χ4v) is 3.53. The molecule has 0 N–H and O–H groups in total. The summed E-state index contributed by atoms with van der Waals surface area (Å²) < 4.78 is 3.22. The summed E-state index contributed by atoms with van der Waals surface area (Å²) in [5.74, 6) is 0. The molecule has 22 heavy (non-hydrogen) atoms. The zero-order chi connectivity index (χ0) is 16.0. The third-order valence-electron chi connectivity index (χ3n) is 3.66. The van der Waals surface area contributed by atoms with Crippen molar-refractivity contribution in [3.63, 3.8) is 0 Å². The maximum Gasteiger partial charge on any atom is 0.288 e. The summed E-state index contributed by atoms with van der Waals surface area (Å²) in [4.78, 5) is 23.0. The van der Waals surface area contributed by atoms with Gasteiger partial charge in [0, 0.05) is 24.7 Å². The number of aromatic nitrogens is 2. The Morgan fingerprint density at radius 3 is 2.27 bits per heavy atom. The molecule has 3 rings (SSSR count). The summed E-state index contributed by atoms with van der Waals surface area (Å²) in [6, 6.07) is 2.45. The lowest BCUT2D eigenvalue weighted by atomic mass is 10.1. The molecule has 1 aliphatic heterocycles. The highest BCUT2D eigenvalue weighted by Crippen LogP contribution is 2.38. The number of benzene rings is 1. The zero-order valence-electron chi connectivity index (χ0n) is 11.2. The quantitative estimate of drug-likeness (QED) is 0.599. The van der Waals surface area contributed by atoms with Crippen molar-refractivity contribution < 1.29 is 4.92 Å². The normalized spacial score (nSPS) is 14.0. The van der Waals surface area contributed by atoms with E-state index in [4.69, 9.17) is 34.8 Å². The van der Waals surface area contributed by atoms with Crippen LogP contribution in [0.5, 0.6) is 0 Å². The summed E-state index contributed by atoms with van der Waals surface area (Å²) in [6.07, 6.45) is 1.80. The molecule has 0 unspecified atom stereocenters. The van der Waals surface area contributed by atoms with Crippen LogP contribution in [0, 0.1) is 10.1 Å². The molecular weight excluding hydrogens is 353 g/mol. The standard InChI is InChI=1S/C13H10Cl3N3O3/c14-8-6-9(15)10(19(21)22)5-7(8)11-12(16)17-3-1-2-4-18(17)13(11)20/h5-6H,1-4H2. The number of hydrogen-bond donors (Lipinski definition) is 0.